The Balaban J connectivity index is 1.56. The molecule has 10 heteroatoms. The van der Waals surface area contributed by atoms with Crippen molar-refractivity contribution in [3.8, 4) is 5.75 Å². The van der Waals surface area contributed by atoms with Crippen LogP contribution in [-0.4, -0.2) is 57.6 Å². The monoisotopic (exact) mass is 447 g/mol. The molecule has 0 bridgehead atoms. The number of methoxy groups -OCH3 is 1. The number of carbonyl (C=O) groups is 2. The fourth-order valence-electron chi connectivity index (χ4n) is 3.14. The van der Waals surface area contributed by atoms with E-state index in [2.05, 4.69) is 10.6 Å². The average molecular weight is 448 g/mol. The first-order valence-electron chi connectivity index (χ1n) is 9.79. The van der Waals surface area contributed by atoms with Crippen LogP contribution >= 0.6 is 0 Å². The lowest BCUT2D eigenvalue weighted by atomic mass is 10.2. The molecule has 2 aromatic carbocycles. The number of nitrogens with one attached hydrogen (secondary N) is 2. The van der Waals surface area contributed by atoms with Gasteiger partial charge >= 0.3 is 11.8 Å². The summed E-state index contributed by atoms with van der Waals surface area (Å²) in [6, 6.07) is 15.1. The third kappa shape index (κ3) is 5.81. The third-order valence-corrected chi connectivity index (χ3v) is 6.64. The lowest BCUT2D eigenvalue weighted by molar-refractivity contribution is -0.140. The van der Waals surface area contributed by atoms with E-state index in [4.69, 9.17) is 9.47 Å². The van der Waals surface area contributed by atoms with Crippen LogP contribution in [0, 0.1) is 0 Å². The van der Waals surface area contributed by atoms with Gasteiger partial charge in [0.05, 0.1) is 25.2 Å². The van der Waals surface area contributed by atoms with Crippen molar-refractivity contribution in [2.24, 2.45) is 0 Å². The minimum Gasteiger partial charge on any atom is -0.497 e. The van der Waals surface area contributed by atoms with Crippen LogP contribution < -0.4 is 15.4 Å². The molecule has 0 spiro atoms. The van der Waals surface area contributed by atoms with Crippen LogP contribution in [-0.2, 0) is 30.9 Å². The summed E-state index contributed by atoms with van der Waals surface area (Å²) >= 11 is 0. The lowest BCUT2D eigenvalue weighted by Gasteiger charge is -2.34. The van der Waals surface area contributed by atoms with Crippen molar-refractivity contribution in [3.63, 3.8) is 0 Å². The number of sulfonamides is 1. The van der Waals surface area contributed by atoms with Crippen molar-refractivity contribution >= 4 is 21.8 Å². The molecule has 3 rings (SSSR count). The highest BCUT2D eigenvalue weighted by molar-refractivity contribution is 7.89. The second-order valence-corrected chi connectivity index (χ2v) is 8.74. The quantitative estimate of drug-likeness (QED) is 0.609. The summed E-state index contributed by atoms with van der Waals surface area (Å²) in [7, 11) is -2.25. The summed E-state index contributed by atoms with van der Waals surface area (Å²) in [5.74, 6) is -1.05. The summed E-state index contributed by atoms with van der Waals surface area (Å²) in [4.78, 5) is 24.4. The smallest absolute Gasteiger partial charge is 0.309 e. The number of nitrogens with zero attached hydrogens (tertiary/aromatic N) is 1. The zero-order chi connectivity index (χ0) is 22.3. The Labute approximate surface area is 181 Å². The SMILES string of the molecule is COc1cccc(CNC(=O)C(=O)NC[C@H]2OCCCN2S(=O)(=O)c2ccccc2)c1. The minimum absolute atomic E-state index is 0.141. The zero-order valence-electron chi connectivity index (χ0n) is 17.1. The number of hydrogen-bond donors (Lipinski definition) is 2. The molecule has 2 N–H and O–H groups in total. The van der Waals surface area contributed by atoms with E-state index < -0.39 is 28.1 Å². The molecule has 1 saturated heterocycles. The Kier molecular flexibility index (Phi) is 7.61. The van der Waals surface area contributed by atoms with Gasteiger partial charge in [-0.2, -0.15) is 4.31 Å². The van der Waals surface area contributed by atoms with Gasteiger partial charge in [0.25, 0.3) is 0 Å². The molecular weight excluding hydrogens is 422 g/mol. The predicted octanol–water partition coefficient (Wildman–Crippen LogP) is 0.865. The molecule has 0 aliphatic carbocycles. The summed E-state index contributed by atoms with van der Waals surface area (Å²) < 4.78 is 37.8. The lowest BCUT2D eigenvalue weighted by Crippen LogP contribution is -2.53. The second-order valence-electron chi connectivity index (χ2n) is 6.85. The molecule has 2 amide bonds. The predicted molar refractivity (Wildman–Crippen MR) is 113 cm³/mol. The number of ether oxygens (including phenoxy) is 2. The van der Waals surface area contributed by atoms with Gasteiger partial charge in [-0.1, -0.05) is 30.3 Å². The first-order chi connectivity index (χ1) is 14.9. The van der Waals surface area contributed by atoms with E-state index >= 15 is 0 Å². The van der Waals surface area contributed by atoms with Crippen molar-refractivity contribution < 1.29 is 27.5 Å². The Morgan fingerprint density at radius 2 is 1.84 bits per heavy atom. The molecule has 0 aromatic heterocycles. The normalized spacial score (nSPS) is 17.0. The van der Waals surface area contributed by atoms with E-state index in [0.29, 0.717) is 18.8 Å². The Morgan fingerprint density at radius 1 is 1.10 bits per heavy atom. The van der Waals surface area contributed by atoms with Crippen LogP contribution in [0.15, 0.2) is 59.5 Å². The number of amides is 2. The molecule has 0 unspecified atom stereocenters. The molecule has 0 radical (unpaired) electrons. The van der Waals surface area contributed by atoms with E-state index in [-0.39, 0.29) is 24.5 Å². The van der Waals surface area contributed by atoms with Crippen molar-refractivity contribution in [2.45, 2.75) is 24.1 Å². The molecule has 2 aromatic rings. The van der Waals surface area contributed by atoms with Crippen LogP contribution in [0.5, 0.6) is 5.75 Å². The molecule has 1 fully saturated rings. The van der Waals surface area contributed by atoms with E-state index in [1.165, 1.54) is 16.4 Å². The van der Waals surface area contributed by atoms with E-state index in [1.807, 2.05) is 0 Å². The average Bonchev–Trinajstić information content (AvgIpc) is 2.81. The summed E-state index contributed by atoms with van der Waals surface area (Å²) in [5, 5.41) is 4.98. The largest absolute Gasteiger partial charge is 0.497 e. The zero-order valence-corrected chi connectivity index (χ0v) is 17.9. The van der Waals surface area contributed by atoms with Crippen molar-refractivity contribution in [2.75, 3.05) is 26.8 Å². The van der Waals surface area contributed by atoms with E-state index in [1.54, 1.807) is 49.6 Å². The molecule has 1 aliphatic rings. The molecule has 9 nitrogen and oxygen atoms in total. The molecule has 1 aliphatic heterocycles. The Bertz CT molecular complexity index is 1010. The highest BCUT2D eigenvalue weighted by Gasteiger charge is 2.34. The molecule has 166 valence electrons. The molecule has 31 heavy (non-hydrogen) atoms. The fourth-order valence-corrected chi connectivity index (χ4v) is 4.72. The summed E-state index contributed by atoms with van der Waals surface area (Å²) in [6.07, 6.45) is -0.355. The molecular formula is C21H25N3O6S. The highest BCUT2D eigenvalue weighted by Crippen LogP contribution is 2.21. The number of carbonyl (C=O) groups excluding carboxylic acids is 2. The number of benzene rings is 2. The molecule has 1 heterocycles. The summed E-state index contributed by atoms with van der Waals surface area (Å²) in [5.41, 5.74) is 0.774. The van der Waals surface area contributed by atoms with Gasteiger partial charge < -0.3 is 20.1 Å². The van der Waals surface area contributed by atoms with Gasteiger partial charge in [-0.15, -0.1) is 0 Å². The van der Waals surface area contributed by atoms with Crippen LogP contribution in [0.4, 0.5) is 0 Å². The first-order valence-corrected chi connectivity index (χ1v) is 11.2. The van der Waals surface area contributed by atoms with E-state index in [9.17, 15) is 18.0 Å². The van der Waals surface area contributed by atoms with Crippen molar-refractivity contribution in [3.05, 3.63) is 60.2 Å². The van der Waals surface area contributed by atoms with E-state index in [0.717, 1.165) is 5.56 Å². The second kappa shape index (κ2) is 10.4. The third-order valence-electron chi connectivity index (χ3n) is 4.73. The van der Waals surface area contributed by atoms with Gasteiger partial charge in [-0.25, -0.2) is 8.42 Å². The fraction of sp³-hybridized carbons (Fsp3) is 0.333. The maximum absolute atomic E-state index is 12.9. The van der Waals surface area contributed by atoms with Crippen LogP contribution in [0.3, 0.4) is 0 Å². The maximum Gasteiger partial charge on any atom is 0.309 e. The first kappa shape index (κ1) is 22.7. The van der Waals surface area contributed by atoms with Gasteiger partial charge in [0.2, 0.25) is 10.0 Å². The minimum atomic E-state index is -3.79. The topological polar surface area (TPSA) is 114 Å². The maximum atomic E-state index is 12.9. The van der Waals surface area contributed by atoms with Gasteiger partial charge in [-0.05, 0) is 36.2 Å². The molecule has 1 atom stereocenters. The Hall–Kier alpha value is -2.95. The number of hydrogen-bond acceptors (Lipinski definition) is 6. The van der Waals surface area contributed by atoms with Gasteiger partial charge in [0.15, 0.2) is 0 Å². The molecule has 0 saturated carbocycles. The van der Waals surface area contributed by atoms with Gasteiger partial charge in [0, 0.05) is 13.1 Å². The standard InChI is InChI=1S/C21H25N3O6S/c1-29-17-8-5-7-16(13-17)14-22-20(25)21(26)23-15-19-24(11-6-12-30-19)31(27,28)18-9-3-2-4-10-18/h2-5,7-10,13,19H,6,11-12,14-15H2,1H3,(H,22,25)(H,23,26)/t19-/m1/s1. The Morgan fingerprint density at radius 3 is 2.58 bits per heavy atom. The van der Waals surface area contributed by atoms with Gasteiger partial charge in [0.1, 0.15) is 12.0 Å². The summed E-state index contributed by atoms with van der Waals surface area (Å²) in [6.45, 7) is 0.637. The highest BCUT2D eigenvalue weighted by atomic mass is 32.2. The van der Waals surface area contributed by atoms with Crippen LogP contribution in [0.1, 0.15) is 12.0 Å². The van der Waals surface area contributed by atoms with Crippen LogP contribution in [0.2, 0.25) is 0 Å². The van der Waals surface area contributed by atoms with Gasteiger partial charge in [-0.3, -0.25) is 9.59 Å². The van der Waals surface area contributed by atoms with Crippen molar-refractivity contribution in [1.29, 1.82) is 0 Å². The number of rotatable bonds is 7. The van der Waals surface area contributed by atoms with Crippen molar-refractivity contribution in [1.82, 2.24) is 14.9 Å². The van der Waals surface area contributed by atoms with Crippen LogP contribution in [0.25, 0.3) is 0 Å².